The van der Waals surface area contributed by atoms with Crippen molar-refractivity contribution in [2.75, 3.05) is 7.11 Å². The molecule has 0 spiro atoms. The van der Waals surface area contributed by atoms with Crippen molar-refractivity contribution in [3.63, 3.8) is 0 Å². The van der Waals surface area contributed by atoms with Crippen molar-refractivity contribution in [2.24, 2.45) is 0 Å². The van der Waals surface area contributed by atoms with Crippen LogP contribution in [-0.4, -0.2) is 34.4 Å². The summed E-state index contributed by atoms with van der Waals surface area (Å²) in [5.41, 5.74) is 0.234. The van der Waals surface area contributed by atoms with E-state index in [0.29, 0.717) is 5.56 Å². The zero-order chi connectivity index (χ0) is 17.0. The summed E-state index contributed by atoms with van der Waals surface area (Å²) in [4.78, 5) is 29.9. The van der Waals surface area contributed by atoms with E-state index in [9.17, 15) is 9.59 Å². The molecule has 1 heterocycles. The van der Waals surface area contributed by atoms with Gasteiger partial charge in [0.15, 0.2) is 5.69 Å². The van der Waals surface area contributed by atoms with Gasteiger partial charge in [-0.15, -0.1) is 0 Å². The summed E-state index contributed by atoms with van der Waals surface area (Å²) < 4.78 is 9.89. The molecule has 0 aliphatic carbocycles. The largest absolute Gasteiger partial charge is 0.464 e. The molecule has 6 nitrogen and oxygen atoms in total. The summed E-state index contributed by atoms with van der Waals surface area (Å²) in [6.45, 7) is 5.95. The van der Waals surface area contributed by atoms with Gasteiger partial charge in [0.2, 0.25) is 5.89 Å². The maximum atomic E-state index is 12.8. The molecule has 0 aliphatic heterocycles. The SMILES string of the molecule is COC(=O)c1coc(CN(C(=O)c2ccccc2)C(C)(C)C)n1. The molecule has 1 aromatic heterocycles. The van der Waals surface area contributed by atoms with E-state index in [4.69, 9.17) is 4.42 Å². The third-order valence-electron chi connectivity index (χ3n) is 3.32. The Balaban J connectivity index is 2.25. The molecule has 0 N–H and O–H groups in total. The van der Waals surface area contributed by atoms with E-state index in [2.05, 4.69) is 9.72 Å². The smallest absolute Gasteiger partial charge is 0.360 e. The number of rotatable bonds is 4. The quantitative estimate of drug-likeness (QED) is 0.811. The van der Waals surface area contributed by atoms with Crippen molar-refractivity contribution in [3.8, 4) is 0 Å². The molecule has 6 heteroatoms. The highest BCUT2D eigenvalue weighted by atomic mass is 16.5. The van der Waals surface area contributed by atoms with Crippen LogP contribution in [0.3, 0.4) is 0 Å². The lowest BCUT2D eigenvalue weighted by molar-refractivity contribution is 0.0532. The summed E-state index contributed by atoms with van der Waals surface area (Å²) >= 11 is 0. The number of hydrogen-bond donors (Lipinski definition) is 0. The van der Waals surface area contributed by atoms with Gasteiger partial charge in [-0.2, -0.15) is 0 Å². The first-order valence-corrected chi connectivity index (χ1v) is 7.22. The van der Waals surface area contributed by atoms with E-state index in [1.807, 2.05) is 39.0 Å². The average molecular weight is 316 g/mol. The second-order valence-corrected chi connectivity index (χ2v) is 6.05. The van der Waals surface area contributed by atoms with Crippen LogP contribution in [0, 0.1) is 0 Å². The number of hydrogen-bond acceptors (Lipinski definition) is 5. The normalized spacial score (nSPS) is 11.1. The van der Waals surface area contributed by atoms with Gasteiger partial charge in [0.1, 0.15) is 6.26 Å². The molecule has 0 fully saturated rings. The number of aromatic nitrogens is 1. The molecule has 122 valence electrons. The molecule has 0 bridgehead atoms. The highest BCUT2D eigenvalue weighted by molar-refractivity contribution is 5.94. The van der Waals surface area contributed by atoms with Gasteiger partial charge in [-0.25, -0.2) is 9.78 Å². The molecule has 0 radical (unpaired) electrons. The van der Waals surface area contributed by atoms with Crippen molar-refractivity contribution >= 4 is 11.9 Å². The molecular formula is C17H20N2O4. The summed E-state index contributed by atoms with van der Waals surface area (Å²) in [5.74, 6) is -0.419. The number of carbonyl (C=O) groups is 2. The zero-order valence-corrected chi connectivity index (χ0v) is 13.7. The second kappa shape index (κ2) is 6.64. The Hall–Kier alpha value is -2.63. The van der Waals surface area contributed by atoms with E-state index in [-0.39, 0.29) is 24.0 Å². The van der Waals surface area contributed by atoms with Gasteiger partial charge in [0.05, 0.1) is 13.7 Å². The lowest BCUT2D eigenvalue weighted by atomic mass is 10.0. The molecule has 0 unspecified atom stereocenters. The van der Waals surface area contributed by atoms with Crippen LogP contribution in [0.25, 0.3) is 0 Å². The highest BCUT2D eigenvalue weighted by Crippen LogP contribution is 2.20. The van der Waals surface area contributed by atoms with Gasteiger partial charge in [-0.05, 0) is 32.9 Å². The van der Waals surface area contributed by atoms with Crippen molar-refractivity contribution in [2.45, 2.75) is 32.9 Å². The molecule has 2 rings (SSSR count). The van der Waals surface area contributed by atoms with Crippen molar-refractivity contribution in [1.29, 1.82) is 0 Å². The predicted octanol–water partition coefficient (Wildman–Crippen LogP) is 2.90. The van der Waals surface area contributed by atoms with Crippen molar-refractivity contribution in [3.05, 3.63) is 53.7 Å². The van der Waals surface area contributed by atoms with Gasteiger partial charge in [0.25, 0.3) is 5.91 Å². The van der Waals surface area contributed by atoms with Gasteiger partial charge in [-0.1, -0.05) is 18.2 Å². The van der Waals surface area contributed by atoms with Crippen LogP contribution in [-0.2, 0) is 11.3 Å². The molecular weight excluding hydrogens is 296 g/mol. The van der Waals surface area contributed by atoms with Gasteiger partial charge < -0.3 is 14.1 Å². The van der Waals surface area contributed by atoms with Crippen LogP contribution < -0.4 is 0 Å². The first-order valence-electron chi connectivity index (χ1n) is 7.22. The Morgan fingerprint density at radius 2 is 1.87 bits per heavy atom. The van der Waals surface area contributed by atoms with Crippen molar-refractivity contribution in [1.82, 2.24) is 9.88 Å². The minimum Gasteiger partial charge on any atom is -0.464 e. The van der Waals surface area contributed by atoms with E-state index >= 15 is 0 Å². The number of carbonyl (C=O) groups excluding carboxylic acids is 2. The number of benzene rings is 1. The van der Waals surface area contributed by atoms with Crippen LogP contribution in [0.1, 0.15) is 47.5 Å². The molecule has 0 saturated carbocycles. The van der Waals surface area contributed by atoms with E-state index in [1.54, 1.807) is 17.0 Å². The Morgan fingerprint density at radius 1 is 1.22 bits per heavy atom. The number of methoxy groups -OCH3 is 1. The fourth-order valence-corrected chi connectivity index (χ4v) is 2.07. The molecule has 2 aromatic rings. The van der Waals surface area contributed by atoms with Gasteiger partial charge in [-0.3, -0.25) is 4.79 Å². The zero-order valence-electron chi connectivity index (χ0n) is 13.7. The van der Waals surface area contributed by atoms with E-state index < -0.39 is 11.5 Å². The Bertz CT molecular complexity index is 686. The van der Waals surface area contributed by atoms with Crippen LogP contribution in [0.15, 0.2) is 41.0 Å². The molecule has 1 amide bonds. The molecule has 23 heavy (non-hydrogen) atoms. The lowest BCUT2D eigenvalue weighted by Crippen LogP contribution is -2.45. The lowest BCUT2D eigenvalue weighted by Gasteiger charge is -2.34. The minimum atomic E-state index is -0.573. The number of amides is 1. The van der Waals surface area contributed by atoms with Gasteiger partial charge in [0, 0.05) is 11.1 Å². The first kappa shape index (κ1) is 16.7. The number of esters is 1. The number of nitrogens with zero attached hydrogens (tertiary/aromatic N) is 2. The summed E-state index contributed by atoms with van der Waals surface area (Å²) in [5, 5.41) is 0. The molecule has 0 atom stereocenters. The second-order valence-electron chi connectivity index (χ2n) is 6.05. The predicted molar refractivity (Wildman–Crippen MR) is 83.9 cm³/mol. The topological polar surface area (TPSA) is 72.6 Å². The van der Waals surface area contributed by atoms with Crippen LogP contribution in [0.5, 0.6) is 0 Å². The fraction of sp³-hybridized carbons (Fsp3) is 0.353. The number of ether oxygens (including phenoxy) is 1. The Labute approximate surface area is 135 Å². The van der Waals surface area contributed by atoms with Crippen molar-refractivity contribution < 1.29 is 18.7 Å². The summed E-state index contributed by atoms with van der Waals surface area (Å²) in [6, 6.07) is 9.01. The monoisotopic (exact) mass is 316 g/mol. The Morgan fingerprint density at radius 3 is 2.43 bits per heavy atom. The molecule has 1 aromatic carbocycles. The average Bonchev–Trinajstić information content (AvgIpc) is 2.99. The third-order valence-corrected chi connectivity index (χ3v) is 3.32. The first-order chi connectivity index (χ1) is 10.8. The van der Waals surface area contributed by atoms with E-state index in [0.717, 1.165) is 0 Å². The standard InChI is InChI=1S/C17H20N2O4/c1-17(2,3)19(15(20)12-8-6-5-7-9-12)10-14-18-13(11-23-14)16(21)22-4/h5-9,11H,10H2,1-4H3. The van der Waals surface area contributed by atoms with Crippen LogP contribution >= 0.6 is 0 Å². The number of oxazole rings is 1. The van der Waals surface area contributed by atoms with Crippen LogP contribution in [0.2, 0.25) is 0 Å². The fourth-order valence-electron chi connectivity index (χ4n) is 2.07. The maximum Gasteiger partial charge on any atom is 0.360 e. The molecule has 0 saturated heterocycles. The van der Waals surface area contributed by atoms with Crippen LogP contribution in [0.4, 0.5) is 0 Å². The highest BCUT2D eigenvalue weighted by Gasteiger charge is 2.29. The van der Waals surface area contributed by atoms with Gasteiger partial charge >= 0.3 is 5.97 Å². The molecule has 0 aliphatic rings. The summed E-state index contributed by atoms with van der Waals surface area (Å²) in [6.07, 6.45) is 1.23. The minimum absolute atomic E-state index is 0.0866. The third kappa shape index (κ3) is 3.97. The summed E-state index contributed by atoms with van der Waals surface area (Å²) in [7, 11) is 1.27. The Kier molecular flexibility index (Phi) is 4.83. The van der Waals surface area contributed by atoms with E-state index in [1.165, 1.54) is 13.4 Å². The maximum absolute atomic E-state index is 12.8.